The molecule has 45 heavy (non-hydrogen) atoms. The van der Waals surface area contributed by atoms with Gasteiger partial charge in [0.2, 0.25) is 11.8 Å². The van der Waals surface area contributed by atoms with E-state index in [0.29, 0.717) is 33.2 Å². The van der Waals surface area contributed by atoms with Crippen LogP contribution in [-0.4, -0.2) is 66.2 Å². The Morgan fingerprint density at radius 3 is 2.33 bits per heavy atom. The van der Waals surface area contributed by atoms with Crippen LogP contribution in [0.15, 0.2) is 43.0 Å². The molecule has 0 radical (unpaired) electrons. The Labute approximate surface area is 250 Å². The molecule has 5 heterocycles. The van der Waals surface area contributed by atoms with Crippen LogP contribution in [-0.2, 0) is 27.1 Å². The molecule has 1 saturated carbocycles. The van der Waals surface area contributed by atoms with E-state index >= 15 is 0 Å². The Balaban J connectivity index is 0.000000460. The first kappa shape index (κ1) is 30.6. The van der Waals surface area contributed by atoms with Crippen LogP contribution in [0.25, 0.3) is 27.7 Å². The molecule has 3 unspecified atom stereocenters. The zero-order valence-electron chi connectivity index (χ0n) is 23.8. The third kappa shape index (κ3) is 5.19. The number of aromatic nitrogens is 4. The minimum atomic E-state index is -5.08. The number of piperidine rings is 1. The number of aliphatic carboxylic acids is 1. The van der Waals surface area contributed by atoms with Gasteiger partial charge in [0, 0.05) is 35.9 Å². The molecule has 0 bridgehead atoms. The van der Waals surface area contributed by atoms with E-state index in [1.165, 1.54) is 17.3 Å². The Kier molecular flexibility index (Phi) is 6.98. The summed E-state index contributed by atoms with van der Waals surface area (Å²) in [5.41, 5.74) is 1.52. The monoisotopic (exact) mass is 636 g/mol. The first-order chi connectivity index (χ1) is 21.0. The highest BCUT2D eigenvalue weighted by Crippen LogP contribution is 2.63. The molecule has 2 amide bonds. The van der Waals surface area contributed by atoms with E-state index in [9.17, 15) is 35.9 Å². The van der Waals surface area contributed by atoms with Crippen molar-refractivity contribution in [3.8, 4) is 11.3 Å². The van der Waals surface area contributed by atoms with Gasteiger partial charge in [-0.15, -0.1) is 0 Å². The number of carbonyl (C=O) groups is 3. The summed E-state index contributed by atoms with van der Waals surface area (Å²) in [6.07, 6.45) is -3.89. The van der Waals surface area contributed by atoms with Gasteiger partial charge < -0.3 is 15.0 Å². The first-order valence-electron chi connectivity index (χ1n) is 13.9. The van der Waals surface area contributed by atoms with Crippen molar-refractivity contribution in [3.05, 3.63) is 54.1 Å². The summed E-state index contributed by atoms with van der Waals surface area (Å²) in [6.45, 7) is 5.52. The van der Waals surface area contributed by atoms with Gasteiger partial charge in [-0.3, -0.25) is 14.5 Å². The average molecular weight is 637 g/mol. The van der Waals surface area contributed by atoms with Gasteiger partial charge in [-0.1, -0.05) is 13.8 Å². The maximum Gasteiger partial charge on any atom is 0.490 e. The number of benzene rings is 1. The smallest absolute Gasteiger partial charge is 0.475 e. The van der Waals surface area contributed by atoms with Gasteiger partial charge in [0.25, 0.3) is 0 Å². The minimum absolute atomic E-state index is 0.0890. The number of fused-ring (bicyclic) bond motifs is 3. The molecule has 4 aromatic rings. The van der Waals surface area contributed by atoms with Gasteiger partial charge in [0.1, 0.15) is 6.33 Å². The molecule has 2 aliphatic heterocycles. The molecule has 16 heteroatoms. The van der Waals surface area contributed by atoms with E-state index in [1.54, 1.807) is 22.8 Å². The molecule has 0 spiro atoms. The summed E-state index contributed by atoms with van der Waals surface area (Å²) in [5.74, 6) is -3.66. The van der Waals surface area contributed by atoms with Crippen LogP contribution in [0.1, 0.15) is 37.4 Å². The highest BCUT2D eigenvalue weighted by Gasteiger charge is 2.72. The topological polar surface area (TPSA) is 122 Å². The molecule has 10 nitrogen and oxygen atoms in total. The third-order valence-electron chi connectivity index (χ3n) is 8.76. The average Bonchev–Trinajstić information content (AvgIpc) is 3.56. The lowest BCUT2D eigenvalue weighted by atomic mass is 10.0. The standard InChI is InChI=1S/C27H25F3N6O2.C2HF3O2/c1-26(2)20-21(26)25(38)35(24(20)37)11-14-7-19-22(32-13-33-36(19)12-14)18-9-16(27(28,29)30)8-15-4-6-34(23(15)18)17-3-5-31-10-17;3-2(4,5)1(6)7/h4,6-9,12-13,17,20-21,31H,3,5,10-11H2,1-2H3;(H,6,7). The fraction of sp³-hybridized carbons (Fsp3) is 0.414. The summed E-state index contributed by atoms with van der Waals surface area (Å²) >= 11 is 0. The largest absolute Gasteiger partial charge is 0.490 e. The molecule has 3 fully saturated rings. The molecule has 2 N–H and O–H groups in total. The van der Waals surface area contributed by atoms with Gasteiger partial charge in [0.05, 0.1) is 40.7 Å². The van der Waals surface area contributed by atoms with Gasteiger partial charge in [-0.25, -0.2) is 14.3 Å². The number of alkyl halides is 6. The van der Waals surface area contributed by atoms with Crippen LogP contribution in [0, 0.1) is 17.3 Å². The van der Waals surface area contributed by atoms with Crippen molar-refractivity contribution in [2.24, 2.45) is 17.3 Å². The van der Waals surface area contributed by atoms with Crippen LogP contribution in [0.4, 0.5) is 26.3 Å². The van der Waals surface area contributed by atoms with Crippen LogP contribution >= 0.6 is 0 Å². The molecule has 3 atom stereocenters. The van der Waals surface area contributed by atoms with Gasteiger partial charge in [0.15, 0.2) is 0 Å². The van der Waals surface area contributed by atoms with Crippen LogP contribution < -0.4 is 5.32 Å². The van der Waals surface area contributed by atoms with E-state index < -0.39 is 23.9 Å². The number of imide groups is 1. The van der Waals surface area contributed by atoms with E-state index in [1.807, 2.05) is 24.6 Å². The van der Waals surface area contributed by atoms with E-state index in [4.69, 9.17) is 9.90 Å². The summed E-state index contributed by atoms with van der Waals surface area (Å²) in [7, 11) is 0. The molecular formula is C29H26F6N6O4. The Morgan fingerprint density at radius 2 is 1.76 bits per heavy atom. The highest BCUT2D eigenvalue weighted by atomic mass is 19.4. The Bertz CT molecular complexity index is 1830. The van der Waals surface area contributed by atoms with Crippen molar-refractivity contribution >= 4 is 34.2 Å². The van der Waals surface area contributed by atoms with Crippen LogP contribution in [0.5, 0.6) is 0 Å². The summed E-state index contributed by atoms with van der Waals surface area (Å²) in [6, 6.07) is 5.91. The van der Waals surface area contributed by atoms with Crippen molar-refractivity contribution in [2.45, 2.75) is 45.2 Å². The van der Waals surface area contributed by atoms with E-state index in [2.05, 4.69) is 15.4 Å². The Morgan fingerprint density at radius 1 is 1.09 bits per heavy atom. The number of hydrogen-bond donors (Lipinski definition) is 2. The van der Waals surface area contributed by atoms with Gasteiger partial charge >= 0.3 is 18.3 Å². The fourth-order valence-electron chi connectivity index (χ4n) is 6.45. The number of carboxylic acid groups (broad SMARTS) is 1. The highest BCUT2D eigenvalue weighted by molar-refractivity contribution is 6.10. The van der Waals surface area contributed by atoms with Crippen molar-refractivity contribution in [1.29, 1.82) is 0 Å². The predicted octanol–water partition coefficient (Wildman–Crippen LogP) is 4.68. The normalized spacial score (nSPS) is 22.6. The number of rotatable bonds is 4. The Hall–Kier alpha value is -4.47. The number of nitrogens with zero attached hydrogens (tertiary/aromatic N) is 5. The molecule has 3 aliphatic rings. The number of hydrogen-bond acceptors (Lipinski definition) is 6. The SMILES string of the molecule is CC1(C)C2C(=O)N(Cc3cc4c(-c5cc(C(F)(F)F)cc6ccn(C7CCNC7)c56)ncnn4c3)C(=O)C21.O=C(O)C(F)(F)F. The quantitative estimate of drug-likeness (QED) is 0.247. The number of carboxylic acids is 1. The predicted molar refractivity (Wildman–Crippen MR) is 145 cm³/mol. The third-order valence-corrected chi connectivity index (χ3v) is 8.76. The zero-order chi connectivity index (χ0) is 32.6. The molecule has 3 aromatic heterocycles. The van der Waals surface area contributed by atoms with E-state index in [-0.39, 0.29) is 41.7 Å². The fourth-order valence-corrected chi connectivity index (χ4v) is 6.45. The lowest BCUT2D eigenvalue weighted by Gasteiger charge is -2.19. The number of halogens is 6. The maximum atomic E-state index is 13.9. The van der Waals surface area contributed by atoms with Crippen molar-refractivity contribution < 1.29 is 45.8 Å². The second-order valence-electron chi connectivity index (χ2n) is 12.0. The van der Waals surface area contributed by atoms with Crippen molar-refractivity contribution in [1.82, 2.24) is 29.4 Å². The van der Waals surface area contributed by atoms with Crippen molar-refractivity contribution in [3.63, 3.8) is 0 Å². The number of carbonyl (C=O) groups excluding carboxylic acids is 2. The molecular weight excluding hydrogens is 610 g/mol. The lowest BCUT2D eigenvalue weighted by Crippen LogP contribution is -2.35. The second kappa shape index (κ2) is 10.3. The molecule has 238 valence electrons. The van der Waals surface area contributed by atoms with Gasteiger partial charge in [-0.05, 0) is 48.2 Å². The van der Waals surface area contributed by atoms with Crippen LogP contribution in [0.2, 0.25) is 0 Å². The first-order valence-corrected chi connectivity index (χ1v) is 13.9. The van der Waals surface area contributed by atoms with E-state index in [0.717, 1.165) is 25.6 Å². The molecule has 1 aromatic carbocycles. The van der Waals surface area contributed by atoms with Crippen LogP contribution in [0.3, 0.4) is 0 Å². The number of likely N-dealkylation sites (tertiary alicyclic amines) is 1. The second-order valence-corrected chi connectivity index (χ2v) is 12.0. The summed E-state index contributed by atoms with van der Waals surface area (Å²) in [4.78, 5) is 40.3. The summed E-state index contributed by atoms with van der Waals surface area (Å²) in [5, 5.41) is 15.2. The van der Waals surface area contributed by atoms with Gasteiger partial charge in [-0.2, -0.15) is 31.4 Å². The molecule has 2 saturated heterocycles. The lowest BCUT2D eigenvalue weighted by molar-refractivity contribution is -0.192. The number of amides is 2. The number of nitrogens with one attached hydrogen (secondary N) is 1. The maximum absolute atomic E-state index is 13.9. The van der Waals surface area contributed by atoms with Crippen molar-refractivity contribution in [2.75, 3.05) is 13.1 Å². The molecule has 7 rings (SSSR count). The molecule has 1 aliphatic carbocycles. The summed E-state index contributed by atoms with van der Waals surface area (Å²) < 4.78 is 77.0. The minimum Gasteiger partial charge on any atom is -0.475 e. The zero-order valence-corrected chi connectivity index (χ0v) is 23.8.